The molecule has 0 aliphatic carbocycles. The summed E-state index contributed by atoms with van der Waals surface area (Å²) in [4.78, 5) is 22.2. The van der Waals surface area contributed by atoms with Gasteiger partial charge < -0.3 is 10.6 Å². The Labute approximate surface area is 112 Å². The molecule has 0 fully saturated rings. The number of carbonyl (C=O) groups excluding carboxylic acids is 2. The standard InChI is InChI=1S/C14H19FN2O2/c15-11-14(19)16-10-6-2-5-9-13(18)17-12-7-3-1-4-8-12/h1,3-4,7-8H,2,5-6,9-11H2,(H,16,19)(H,17,18)/i15-1. The average molecular weight is 265 g/mol. The zero-order chi connectivity index (χ0) is 13.9. The fourth-order valence-corrected chi connectivity index (χ4v) is 1.61. The minimum atomic E-state index is -0.973. The van der Waals surface area contributed by atoms with Gasteiger partial charge in [-0.05, 0) is 25.0 Å². The number of rotatable bonds is 8. The molecule has 2 amide bonds. The molecule has 1 aromatic carbocycles. The molecule has 0 saturated carbocycles. The van der Waals surface area contributed by atoms with Gasteiger partial charge in [0.1, 0.15) is 0 Å². The third-order valence-corrected chi connectivity index (χ3v) is 2.58. The van der Waals surface area contributed by atoms with Gasteiger partial charge in [-0.15, -0.1) is 0 Å². The van der Waals surface area contributed by atoms with E-state index < -0.39 is 12.6 Å². The van der Waals surface area contributed by atoms with Gasteiger partial charge in [-0.1, -0.05) is 24.6 Å². The van der Waals surface area contributed by atoms with Crippen molar-refractivity contribution in [2.45, 2.75) is 25.7 Å². The number of hydrogen-bond donors (Lipinski definition) is 2. The first-order valence-electron chi connectivity index (χ1n) is 6.40. The zero-order valence-electron chi connectivity index (χ0n) is 10.8. The molecule has 0 heterocycles. The van der Waals surface area contributed by atoms with Crippen LogP contribution in [0, 0.1) is 0 Å². The summed E-state index contributed by atoms with van der Waals surface area (Å²) >= 11 is 0. The van der Waals surface area contributed by atoms with Crippen LogP contribution in [0.4, 0.5) is 10.1 Å². The maximum absolute atomic E-state index is 11.8. The normalized spacial score (nSPS) is 9.95. The molecule has 1 rings (SSSR count). The van der Waals surface area contributed by atoms with E-state index >= 15 is 0 Å². The summed E-state index contributed by atoms with van der Waals surface area (Å²) in [6.45, 7) is -0.511. The fraction of sp³-hybridized carbons (Fsp3) is 0.429. The SMILES string of the molecule is O=C(C[18F])NCCCCCC(=O)Nc1ccccc1. The second kappa shape index (κ2) is 9.08. The third kappa shape index (κ3) is 7.18. The Morgan fingerprint density at radius 2 is 1.74 bits per heavy atom. The van der Waals surface area contributed by atoms with Crippen molar-refractivity contribution in [1.82, 2.24) is 5.32 Å². The van der Waals surface area contributed by atoms with Crippen LogP contribution in [0.1, 0.15) is 25.7 Å². The lowest BCUT2D eigenvalue weighted by Gasteiger charge is -2.05. The molecule has 0 saturated heterocycles. The molecule has 5 heteroatoms. The number of halogens is 1. The largest absolute Gasteiger partial charge is 0.354 e. The number of anilines is 1. The number of nitrogens with one attached hydrogen (secondary N) is 2. The van der Waals surface area contributed by atoms with E-state index in [1.54, 1.807) is 0 Å². The number of hydrogen-bond acceptors (Lipinski definition) is 2. The molecule has 0 atom stereocenters. The molecule has 0 radical (unpaired) electrons. The molecule has 0 unspecified atom stereocenters. The topological polar surface area (TPSA) is 58.2 Å². The first-order valence-corrected chi connectivity index (χ1v) is 6.40. The molecule has 0 aliphatic rings. The maximum atomic E-state index is 11.8. The average Bonchev–Trinajstić information content (AvgIpc) is 2.43. The van der Waals surface area contributed by atoms with Crippen molar-refractivity contribution < 1.29 is 14.0 Å². The highest BCUT2D eigenvalue weighted by Crippen LogP contribution is 2.07. The first kappa shape index (κ1) is 15.1. The summed E-state index contributed by atoms with van der Waals surface area (Å²) in [5.74, 6) is -0.596. The van der Waals surface area contributed by atoms with Gasteiger partial charge in [0.2, 0.25) is 5.91 Å². The highest BCUT2D eigenvalue weighted by atomic mass is 18.2. The highest BCUT2D eigenvalue weighted by Gasteiger charge is 2.02. The Bertz CT molecular complexity index is 396. The van der Waals surface area contributed by atoms with Crippen LogP contribution in [0.5, 0.6) is 0 Å². The predicted molar refractivity (Wildman–Crippen MR) is 72.5 cm³/mol. The molecular weight excluding hydrogens is 246 g/mol. The smallest absolute Gasteiger partial charge is 0.251 e. The Morgan fingerprint density at radius 3 is 2.42 bits per heavy atom. The summed E-state index contributed by atoms with van der Waals surface area (Å²) in [7, 11) is 0. The van der Waals surface area contributed by atoms with Gasteiger partial charge in [0.05, 0.1) is 0 Å². The van der Waals surface area contributed by atoms with Crippen molar-refractivity contribution in [2.24, 2.45) is 0 Å². The van der Waals surface area contributed by atoms with E-state index in [2.05, 4.69) is 10.6 Å². The number of carbonyl (C=O) groups is 2. The van der Waals surface area contributed by atoms with Gasteiger partial charge in [-0.2, -0.15) is 0 Å². The van der Waals surface area contributed by atoms with E-state index in [4.69, 9.17) is 0 Å². The molecule has 0 spiro atoms. The second-order valence-electron chi connectivity index (χ2n) is 4.21. The molecule has 0 bridgehead atoms. The van der Waals surface area contributed by atoms with Crippen LogP contribution in [-0.4, -0.2) is 25.0 Å². The van der Waals surface area contributed by atoms with Crippen LogP contribution in [-0.2, 0) is 9.59 Å². The highest BCUT2D eigenvalue weighted by molar-refractivity contribution is 5.90. The van der Waals surface area contributed by atoms with Crippen molar-refractivity contribution in [3.63, 3.8) is 0 Å². The van der Waals surface area contributed by atoms with Gasteiger partial charge in [-0.25, -0.2) is 4.39 Å². The number of amides is 2. The number of unbranched alkanes of at least 4 members (excludes halogenated alkanes) is 2. The minimum Gasteiger partial charge on any atom is -0.354 e. The maximum Gasteiger partial charge on any atom is 0.251 e. The van der Waals surface area contributed by atoms with Crippen LogP contribution in [0.3, 0.4) is 0 Å². The Kier molecular flexibility index (Phi) is 7.24. The Balaban J connectivity index is 2.03. The summed E-state index contributed by atoms with van der Waals surface area (Å²) < 4.78 is 11.8. The quantitative estimate of drug-likeness (QED) is 0.708. The minimum absolute atomic E-state index is 0.0148. The monoisotopic (exact) mass is 265 g/mol. The summed E-state index contributed by atoms with van der Waals surface area (Å²) in [6, 6.07) is 9.29. The molecule has 4 nitrogen and oxygen atoms in total. The second-order valence-corrected chi connectivity index (χ2v) is 4.21. The predicted octanol–water partition coefficient (Wildman–Crippen LogP) is 2.27. The molecule has 19 heavy (non-hydrogen) atoms. The lowest BCUT2D eigenvalue weighted by atomic mass is 10.2. The molecule has 0 aromatic heterocycles. The fourth-order valence-electron chi connectivity index (χ4n) is 1.61. The van der Waals surface area contributed by atoms with Crippen molar-refractivity contribution in [2.75, 3.05) is 18.5 Å². The van der Waals surface area contributed by atoms with E-state index in [0.29, 0.717) is 13.0 Å². The van der Waals surface area contributed by atoms with Crippen molar-refractivity contribution in [3.8, 4) is 0 Å². The van der Waals surface area contributed by atoms with Gasteiger partial charge >= 0.3 is 0 Å². The van der Waals surface area contributed by atoms with Gasteiger partial charge in [0.25, 0.3) is 5.91 Å². The van der Waals surface area contributed by atoms with Crippen molar-refractivity contribution in [3.05, 3.63) is 30.3 Å². The Hall–Kier alpha value is -1.91. The first-order chi connectivity index (χ1) is 9.22. The van der Waals surface area contributed by atoms with Gasteiger partial charge in [0, 0.05) is 18.7 Å². The van der Waals surface area contributed by atoms with Crippen LogP contribution in [0.25, 0.3) is 0 Å². The molecule has 1 aromatic rings. The van der Waals surface area contributed by atoms with Crippen LogP contribution < -0.4 is 10.6 Å². The third-order valence-electron chi connectivity index (χ3n) is 2.58. The summed E-state index contributed by atoms with van der Waals surface area (Å²) in [5.41, 5.74) is 0.794. The number of alkyl halides is 1. The molecule has 104 valence electrons. The van der Waals surface area contributed by atoms with E-state index in [1.807, 2.05) is 30.3 Å². The van der Waals surface area contributed by atoms with Crippen LogP contribution in [0.15, 0.2) is 30.3 Å². The van der Waals surface area contributed by atoms with E-state index in [-0.39, 0.29) is 5.91 Å². The van der Waals surface area contributed by atoms with E-state index in [1.165, 1.54) is 0 Å². The van der Waals surface area contributed by atoms with E-state index in [0.717, 1.165) is 24.9 Å². The van der Waals surface area contributed by atoms with Crippen molar-refractivity contribution >= 4 is 17.5 Å². The van der Waals surface area contributed by atoms with Gasteiger partial charge in [-0.3, -0.25) is 9.59 Å². The van der Waals surface area contributed by atoms with Crippen LogP contribution >= 0.6 is 0 Å². The molecule has 0 aliphatic heterocycles. The van der Waals surface area contributed by atoms with E-state index in [9.17, 15) is 14.0 Å². The lowest BCUT2D eigenvalue weighted by molar-refractivity contribution is -0.122. The lowest BCUT2D eigenvalue weighted by Crippen LogP contribution is -2.25. The van der Waals surface area contributed by atoms with Crippen molar-refractivity contribution in [1.29, 1.82) is 0 Å². The zero-order valence-corrected chi connectivity index (χ0v) is 10.8. The van der Waals surface area contributed by atoms with Gasteiger partial charge in [0.15, 0.2) is 6.67 Å². The number of para-hydroxylation sites is 1. The molecule has 2 N–H and O–H groups in total. The number of benzene rings is 1. The van der Waals surface area contributed by atoms with Crippen LogP contribution in [0.2, 0.25) is 0 Å². The Morgan fingerprint density at radius 1 is 1.00 bits per heavy atom. The summed E-state index contributed by atoms with van der Waals surface area (Å²) in [6.07, 6.45) is 2.79. The molecular formula is C14H19FN2O2. The summed E-state index contributed by atoms with van der Waals surface area (Å²) in [5, 5.41) is 5.25.